The lowest BCUT2D eigenvalue weighted by atomic mass is 9.49. The molecule has 0 spiro atoms. The number of hydrogen-bond acceptors (Lipinski definition) is 2. The molecule has 0 heterocycles. The fourth-order valence-electron chi connectivity index (χ4n) is 6.05. The Morgan fingerprint density at radius 1 is 1.03 bits per heavy atom. The molecule has 4 fully saturated rings. The summed E-state index contributed by atoms with van der Waals surface area (Å²) >= 11 is 0. The molecular formula is C22H25F3N2O2. The Bertz CT molecular complexity index is 796. The van der Waals surface area contributed by atoms with E-state index in [-0.39, 0.29) is 16.9 Å². The highest BCUT2D eigenvalue weighted by Crippen LogP contribution is 2.61. The molecule has 29 heavy (non-hydrogen) atoms. The normalized spacial score (nSPS) is 30.5. The van der Waals surface area contributed by atoms with Crippen molar-refractivity contribution in [2.24, 2.45) is 23.2 Å². The molecule has 5 rings (SSSR count). The van der Waals surface area contributed by atoms with Crippen molar-refractivity contribution in [2.45, 2.75) is 51.1 Å². The van der Waals surface area contributed by atoms with Crippen LogP contribution >= 0.6 is 0 Å². The average Bonchev–Trinajstić information content (AvgIpc) is 2.63. The number of hydrazine groups is 1. The number of halogens is 3. The molecule has 4 saturated carbocycles. The summed E-state index contributed by atoms with van der Waals surface area (Å²) in [6, 6.07) is 4.70. The maximum Gasteiger partial charge on any atom is 0.416 e. The van der Waals surface area contributed by atoms with Crippen molar-refractivity contribution < 1.29 is 22.8 Å². The van der Waals surface area contributed by atoms with Gasteiger partial charge in [0, 0.05) is 12.5 Å². The van der Waals surface area contributed by atoms with E-state index in [1.54, 1.807) is 0 Å². The van der Waals surface area contributed by atoms with Gasteiger partial charge in [-0.15, -0.1) is 0 Å². The van der Waals surface area contributed by atoms with Crippen molar-refractivity contribution >= 4 is 17.9 Å². The third-order valence-corrected chi connectivity index (χ3v) is 6.67. The Balaban J connectivity index is 1.28. The van der Waals surface area contributed by atoms with Crippen molar-refractivity contribution in [1.82, 2.24) is 10.9 Å². The van der Waals surface area contributed by atoms with E-state index in [1.165, 1.54) is 37.5 Å². The summed E-state index contributed by atoms with van der Waals surface area (Å²) in [6.45, 7) is 0. The van der Waals surface area contributed by atoms with Crippen LogP contribution in [0.15, 0.2) is 30.3 Å². The molecular weight excluding hydrogens is 381 g/mol. The maximum atomic E-state index is 12.7. The fraction of sp³-hybridized carbons (Fsp3) is 0.545. The molecule has 4 bridgehead atoms. The predicted molar refractivity (Wildman–Crippen MR) is 102 cm³/mol. The van der Waals surface area contributed by atoms with Crippen molar-refractivity contribution in [3.8, 4) is 0 Å². The monoisotopic (exact) mass is 406 g/mol. The Kier molecular flexibility index (Phi) is 5.17. The molecule has 0 unspecified atom stereocenters. The number of carbonyl (C=O) groups excluding carboxylic acids is 2. The van der Waals surface area contributed by atoms with Gasteiger partial charge in [0.25, 0.3) is 5.91 Å². The summed E-state index contributed by atoms with van der Waals surface area (Å²) in [5.41, 5.74) is 4.36. The molecule has 4 nitrogen and oxygen atoms in total. The number of hydrogen-bond donors (Lipinski definition) is 2. The Labute approximate surface area is 167 Å². The van der Waals surface area contributed by atoms with Gasteiger partial charge in [-0.3, -0.25) is 20.4 Å². The number of benzene rings is 1. The van der Waals surface area contributed by atoms with Crippen LogP contribution in [-0.2, 0) is 15.8 Å². The molecule has 0 atom stereocenters. The van der Waals surface area contributed by atoms with Crippen molar-refractivity contribution in [2.75, 3.05) is 0 Å². The Morgan fingerprint density at radius 3 is 2.24 bits per heavy atom. The standard InChI is InChI=1S/C22H25F3N2O2/c23-22(24,25)18-3-1-2-14(9-18)4-5-19(28)26-27-20(29)13-21-10-15-6-16(11-21)8-17(7-15)12-21/h1-5,9,15-17H,6-8,10-13H2,(H,26,28)(H,27,29)/b5-4+. The molecule has 0 saturated heterocycles. The number of amides is 2. The molecule has 0 radical (unpaired) electrons. The predicted octanol–water partition coefficient (Wildman–Crippen LogP) is 4.47. The van der Waals surface area contributed by atoms with E-state index < -0.39 is 17.6 Å². The average molecular weight is 406 g/mol. The van der Waals surface area contributed by atoms with Crippen LogP contribution in [0.3, 0.4) is 0 Å². The van der Waals surface area contributed by atoms with Crippen LogP contribution in [0.2, 0.25) is 0 Å². The number of rotatable bonds is 4. The maximum absolute atomic E-state index is 12.7. The van der Waals surface area contributed by atoms with Gasteiger partial charge < -0.3 is 0 Å². The second kappa shape index (κ2) is 7.50. The molecule has 7 heteroatoms. The highest BCUT2D eigenvalue weighted by Gasteiger charge is 2.51. The molecule has 0 aliphatic heterocycles. The zero-order valence-corrected chi connectivity index (χ0v) is 16.1. The second-order valence-electron chi connectivity index (χ2n) is 9.09. The van der Waals surface area contributed by atoms with Crippen LogP contribution in [0, 0.1) is 23.2 Å². The van der Waals surface area contributed by atoms with Crippen molar-refractivity contribution in [1.29, 1.82) is 0 Å². The SMILES string of the molecule is O=C(/C=C/c1cccc(C(F)(F)F)c1)NNC(=O)CC12CC3CC(CC(C3)C1)C2. The minimum atomic E-state index is -4.43. The van der Waals surface area contributed by atoms with E-state index in [0.29, 0.717) is 6.42 Å². The molecule has 4 aliphatic rings. The van der Waals surface area contributed by atoms with Gasteiger partial charge in [-0.25, -0.2) is 0 Å². The lowest BCUT2D eigenvalue weighted by Crippen LogP contribution is -2.49. The molecule has 4 aliphatic carbocycles. The Hall–Kier alpha value is -2.31. The summed E-state index contributed by atoms with van der Waals surface area (Å²) in [4.78, 5) is 24.3. The van der Waals surface area contributed by atoms with Crippen molar-refractivity contribution in [3.05, 3.63) is 41.5 Å². The van der Waals surface area contributed by atoms with E-state index in [1.807, 2.05) is 0 Å². The van der Waals surface area contributed by atoms with Crippen LogP contribution in [0.1, 0.15) is 56.1 Å². The highest BCUT2D eigenvalue weighted by atomic mass is 19.4. The first-order valence-corrected chi connectivity index (χ1v) is 10.1. The first-order valence-electron chi connectivity index (χ1n) is 10.1. The van der Waals surface area contributed by atoms with Gasteiger partial charge in [0.05, 0.1) is 5.56 Å². The fourth-order valence-corrected chi connectivity index (χ4v) is 6.05. The van der Waals surface area contributed by atoms with Gasteiger partial charge in [-0.2, -0.15) is 13.2 Å². The van der Waals surface area contributed by atoms with E-state index in [0.717, 1.165) is 55.2 Å². The molecule has 156 valence electrons. The third-order valence-electron chi connectivity index (χ3n) is 6.67. The lowest BCUT2D eigenvalue weighted by molar-refractivity contribution is -0.137. The number of carbonyl (C=O) groups is 2. The molecule has 2 N–H and O–H groups in total. The minimum absolute atomic E-state index is 0.0808. The summed E-state index contributed by atoms with van der Waals surface area (Å²) in [5.74, 6) is 1.46. The van der Waals surface area contributed by atoms with Gasteiger partial charge in [-0.05, 0) is 85.5 Å². The second-order valence-corrected chi connectivity index (χ2v) is 9.09. The zero-order chi connectivity index (χ0) is 20.6. The molecule has 2 amide bonds. The van der Waals surface area contributed by atoms with E-state index in [9.17, 15) is 22.8 Å². The zero-order valence-electron chi connectivity index (χ0n) is 16.1. The minimum Gasteiger partial charge on any atom is -0.273 e. The number of nitrogens with one attached hydrogen (secondary N) is 2. The summed E-state index contributed by atoms with van der Waals surface area (Å²) in [5, 5.41) is 0. The summed E-state index contributed by atoms with van der Waals surface area (Å²) in [6.07, 6.45) is 5.62. The third kappa shape index (κ3) is 4.65. The smallest absolute Gasteiger partial charge is 0.273 e. The molecule has 0 aromatic heterocycles. The van der Waals surface area contributed by atoms with E-state index in [2.05, 4.69) is 10.9 Å². The van der Waals surface area contributed by atoms with Gasteiger partial charge >= 0.3 is 6.18 Å². The van der Waals surface area contributed by atoms with Crippen LogP contribution in [-0.4, -0.2) is 11.8 Å². The van der Waals surface area contributed by atoms with E-state index >= 15 is 0 Å². The van der Waals surface area contributed by atoms with Crippen LogP contribution in [0.4, 0.5) is 13.2 Å². The summed E-state index contributed by atoms with van der Waals surface area (Å²) in [7, 11) is 0. The quantitative estimate of drug-likeness (QED) is 0.573. The van der Waals surface area contributed by atoms with Crippen molar-refractivity contribution in [3.63, 3.8) is 0 Å². The first-order chi connectivity index (χ1) is 13.7. The van der Waals surface area contributed by atoms with E-state index in [4.69, 9.17) is 0 Å². The Morgan fingerprint density at radius 2 is 1.66 bits per heavy atom. The lowest BCUT2D eigenvalue weighted by Gasteiger charge is -2.56. The molecule has 1 aromatic rings. The highest BCUT2D eigenvalue weighted by molar-refractivity contribution is 5.93. The first kappa shape index (κ1) is 20.0. The largest absolute Gasteiger partial charge is 0.416 e. The molecule has 1 aromatic carbocycles. The van der Waals surface area contributed by atoms with Gasteiger partial charge in [-0.1, -0.05) is 12.1 Å². The van der Waals surface area contributed by atoms with Crippen LogP contribution < -0.4 is 10.9 Å². The summed E-state index contributed by atoms with van der Waals surface area (Å²) < 4.78 is 38.2. The van der Waals surface area contributed by atoms with Crippen LogP contribution in [0.25, 0.3) is 6.08 Å². The van der Waals surface area contributed by atoms with Gasteiger partial charge in [0.15, 0.2) is 0 Å². The van der Waals surface area contributed by atoms with Gasteiger partial charge in [0.2, 0.25) is 5.91 Å². The van der Waals surface area contributed by atoms with Gasteiger partial charge in [0.1, 0.15) is 0 Å². The number of alkyl halides is 3. The topological polar surface area (TPSA) is 58.2 Å². The van der Waals surface area contributed by atoms with Crippen LogP contribution in [0.5, 0.6) is 0 Å².